The average Bonchev–Trinajstić information content (AvgIpc) is 3.21. The number of sulfone groups is 1. The number of hydroxylamine groups is 2. The first kappa shape index (κ1) is 18.1. The molecule has 27 heavy (non-hydrogen) atoms. The van der Waals surface area contributed by atoms with Crippen LogP contribution in [0.5, 0.6) is 0 Å². The molecule has 1 unspecified atom stereocenters. The molecule has 0 spiro atoms. The molecule has 2 aromatic heterocycles. The van der Waals surface area contributed by atoms with E-state index in [1.807, 2.05) is 4.57 Å². The van der Waals surface area contributed by atoms with E-state index in [9.17, 15) is 18.3 Å². The Bertz CT molecular complexity index is 1050. The molecule has 2 aliphatic rings. The van der Waals surface area contributed by atoms with Crippen LogP contribution in [0.25, 0.3) is 11.0 Å². The molecule has 0 amide bonds. The molecule has 0 saturated carbocycles. The van der Waals surface area contributed by atoms with Crippen LogP contribution >= 0.6 is 11.9 Å². The summed E-state index contributed by atoms with van der Waals surface area (Å²) in [7, 11) is -3.50. The van der Waals surface area contributed by atoms with Crippen molar-refractivity contribution in [1.82, 2.24) is 19.5 Å². The molecule has 144 valence electrons. The second kappa shape index (κ2) is 6.73. The molecular formula is C16H18N4O5S2. The number of nitrogens with zero attached hydrogens (tertiary/aromatic N) is 3. The zero-order valence-corrected chi connectivity index (χ0v) is 16.1. The maximum absolute atomic E-state index is 12.4. The summed E-state index contributed by atoms with van der Waals surface area (Å²) in [5, 5.41) is 9.86. The molecule has 2 aliphatic heterocycles. The number of pyridine rings is 1. The first-order valence-electron chi connectivity index (χ1n) is 8.35. The molecule has 0 aromatic carbocycles. The highest BCUT2D eigenvalue weighted by Gasteiger charge is 2.33. The lowest BCUT2D eigenvalue weighted by Crippen LogP contribution is -2.19. The van der Waals surface area contributed by atoms with Crippen LogP contribution in [0.3, 0.4) is 0 Å². The third kappa shape index (κ3) is 3.26. The summed E-state index contributed by atoms with van der Waals surface area (Å²) in [5.74, 6) is -1.11. The molecule has 11 heteroatoms. The molecule has 0 radical (unpaired) electrons. The van der Waals surface area contributed by atoms with Gasteiger partial charge in [0.25, 0.3) is 0 Å². The number of hydrogen-bond donors (Lipinski definition) is 2. The van der Waals surface area contributed by atoms with Crippen molar-refractivity contribution in [3.8, 4) is 0 Å². The van der Waals surface area contributed by atoms with Gasteiger partial charge in [0, 0.05) is 48.8 Å². The quantitative estimate of drug-likeness (QED) is 0.715. The number of carboxylic acids is 1. The van der Waals surface area contributed by atoms with Gasteiger partial charge in [-0.2, -0.15) is 4.47 Å². The van der Waals surface area contributed by atoms with E-state index in [1.54, 1.807) is 12.4 Å². The lowest BCUT2D eigenvalue weighted by atomic mass is 9.93. The number of aryl methyl sites for hydroxylation is 1. The minimum absolute atomic E-state index is 0.0208. The Labute approximate surface area is 160 Å². The van der Waals surface area contributed by atoms with Crippen molar-refractivity contribution >= 4 is 38.8 Å². The van der Waals surface area contributed by atoms with E-state index >= 15 is 0 Å². The summed E-state index contributed by atoms with van der Waals surface area (Å²) in [6.45, 7) is 0.664. The summed E-state index contributed by atoms with van der Waals surface area (Å²) < 4.78 is 28.2. The Morgan fingerprint density at radius 3 is 3.00 bits per heavy atom. The van der Waals surface area contributed by atoms with Crippen molar-refractivity contribution in [2.45, 2.75) is 41.5 Å². The molecule has 1 atom stereocenters. The highest BCUT2D eigenvalue weighted by molar-refractivity contribution is 7.97. The van der Waals surface area contributed by atoms with Crippen LogP contribution in [-0.2, 0) is 26.1 Å². The van der Waals surface area contributed by atoms with Crippen LogP contribution in [0.1, 0.15) is 30.9 Å². The number of hydrogen-bond acceptors (Lipinski definition) is 8. The second-order valence-electron chi connectivity index (χ2n) is 6.48. The molecular weight excluding hydrogens is 392 g/mol. The number of rotatable bonds is 5. The van der Waals surface area contributed by atoms with E-state index in [0.29, 0.717) is 22.5 Å². The van der Waals surface area contributed by atoms with Gasteiger partial charge in [-0.05, 0) is 18.9 Å². The van der Waals surface area contributed by atoms with Gasteiger partial charge in [-0.15, -0.1) is 4.94 Å². The van der Waals surface area contributed by atoms with Crippen LogP contribution < -0.4 is 5.48 Å². The van der Waals surface area contributed by atoms with Crippen molar-refractivity contribution < 1.29 is 23.3 Å². The van der Waals surface area contributed by atoms with E-state index in [1.165, 1.54) is 28.7 Å². The molecule has 2 aromatic rings. The smallest absolute Gasteiger partial charge is 0.304 e. The largest absolute Gasteiger partial charge is 0.481 e. The predicted octanol–water partition coefficient (Wildman–Crippen LogP) is 2.02. The predicted molar refractivity (Wildman–Crippen MR) is 98.1 cm³/mol. The van der Waals surface area contributed by atoms with Gasteiger partial charge < -0.3 is 9.67 Å². The van der Waals surface area contributed by atoms with E-state index in [2.05, 4.69) is 10.5 Å². The molecule has 2 N–H and O–H groups in total. The number of fused-ring (bicyclic) bond motifs is 3. The van der Waals surface area contributed by atoms with Crippen LogP contribution in [0.2, 0.25) is 0 Å². The van der Waals surface area contributed by atoms with Gasteiger partial charge in [-0.1, -0.05) is 0 Å². The normalized spacial score (nSPS) is 19.3. The van der Waals surface area contributed by atoms with Crippen molar-refractivity contribution in [2.75, 3.05) is 6.26 Å². The number of carbonyl (C=O) groups is 1. The fourth-order valence-corrected chi connectivity index (χ4v) is 5.62. The summed E-state index contributed by atoms with van der Waals surface area (Å²) in [4.78, 5) is 21.9. The fourth-order valence-electron chi connectivity index (χ4n) is 3.64. The molecule has 4 rings (SSSR count). The van der Waals surface area contributed by atoms with Crippen molar-refractivity contribution in [3.63, 3.8) is 0 Å². The summed E-state index contributed by atoms with van der Waals surface area (Å²) in [6.07, 6.45) is 7.41. The Kier molecular flexibility index (Phi) is 4.52. The number of aromatic nitrogens is 2. The third-order valence-electron chi connectivity index (χ3n) is 4.63. The molecule has 9 nitrogen and oxygen atoms in total. The second-order valence-corrected chi connectivity index (χ2v) is 9.42. The number of nitrogens with one attached hydrogen (secondary N) is 1. The first-order valence-corrected chi connectivity index (χ1v) is 11.0. The van der Waals surface area contributed by atoms with Crippen molar-refractivity contribution in [3.05, 3.63) is 30.4 Å². The van der Waals surface area contributed by atoms with Crippen molar-refractivity contribution in [2.24, 2.45) is 0 Å². The van der Waals surface area contributed by atoms with Crippen molar-refractivity contribution in [1.29, 1.82) is 0 Å². The van der Waals surface area contributed by atoms with E-state index in [4.69, 9.17) is 4.94 Å². The van der Waals surface area contributed by atoms with Gasteiger partial charge in [-0.3, -0.25) is 4.79 Å². The number of aliphatic carboxylic acids is 1. The molecule has 0 bridgehead atoms. The van der Waals surface area contributed by atoms with Crippen LogP contribution in [0.4, 0.5) is 0 Å². The zero-order chi connectivity index (χ0) is 19.2. The van der Waals surface area contributed by atoms with Gasteiger partial charge >= 0.3 is 5.97 Å². The lowest BCUT2D eigenvalue weighted by Gasteiger charge is -2.25. The van der Waals surface area contributed by atoms with Gasteiger partial charge in [0.1, 0.15) is 5.65 Å². The maximum Gasteiger partial charge on any atom is 0.304 e. The third-order valence-corrected chi connectivity index (χ3v) is 6.74. The summed E-state index contributed by atoms with van der Waals surface area (Å²) in [6, 6.07) is 1.48. The van der Waals surface area contributed by atoms with E-state index in [0.717, 1.165) is 24.8 Å². The highest BCUT2D eigenvalue weighted by atomic mass is 32.2. The van der Waals surface area contributed by atoms with E-state index in [-0.39, 0.29) is 17.2 Å². The van der Waals surface area contributed by atoms with Gasteiger partial charge in [0.15, 0.2) is 9.84 Å². The minimum atomic E-state index is -3.50. The Hall–Kier alpha value is -2.24. The summed E-state index contributed by atoms with van der Waals surface area (Å²) >= 11 is 1.21. The fraction of sp³-hybridized carbons (Fsp3) is 0.375. The van der Waals surface area contributed by atoms with Crippen LogP contribution in [0, 0.1) is 0 Å². The van der Waals surface area contributed by atoms with Gasteiger partial charge in [-0.25, -0.2) is 18.9 Å². The SMILES string of the molecule is CS(=O)(=O)c1ccnc2c1c(SN1C=CNO1)c1n2CCCC1CC(=O)O. The lowest BCUT2D eigenvalue weighted by molar-refractivity contribution is -0.137. The number of carboxylic acid groups (broad SMARTS) is 1. The van der Waals surface area contributed by atoms with Gasteiger partial charge in [0.2, 0.25) is 0 Å². The Balaban J connectivity index is 1.99. The summed E-state index contributed by atoms with van der Waals surface area (Å²) in [5.41, 5.74) is 3.95. The maximum atomic E-state index is 12.4. The molecule has 0 aliphatic carbocycles. The van der Waals surface area contributed by atoms with Crippen LogP contribution in [0.15, 0.2) is 34.5 Å². The molecule has 4 heterocycles. The highest BCUT2D eigenvalue weighted by Crippen LogP contribution is 2.46. The Morgan fingerprint density at radius 2 is 2.33 bits per heavy atom. The molecule has 0 saturated heterocycles. The van der Waals surface area contributed by atoms with Crippen LogP contribution in [-0.4, -0.2) is 39.8 Å². The topological polar surface area (TPSA) is 114 Å². The van der Waals surface area contributed by atoms with Gasteiger partial charge in [0.05, 0.1) is 27.8 Å². The van der Waals surface area contributed by atoms with E-state index < -0.39 is 15.8 Å². The molecule has 0 fully saturated rings. The first-order chi connectivity index (χ1) is 12.9. The zero-order valence-electron chi connectivity index (χ0n) is 14.5. The monoisotopic (exact) mass is 410 g/mol. The minimum Gasteiger partial charge on any atom is -0.481 e. The standard InChI is InChI=1S/C16H18N4O5S2/c1-27(23,24)11-4-5-17-16-13(11)15(26-20-8-6-18-25-20)14-10(9-12(21)22)3-2-7-19(14)16/h4-6,8,10,18H,2-3,7,9H2,1H3,(H,21,22). The Morgan fingerprint density at radius 1 is 1.52 bits per heavy atom. The average molecular weight is 410 g/mol.